The highest BCUT2D eigenvalue weighted by atomic mass is 32.2. The molecule has 0 aliphatic rings. The van der Waals surface area contributed by atoms with Crippen molar-refractivity contribution in [3.63, 3.8) is 0 Å². The number of carboxylic acids is 1. The van der Waals surface area contributed by atoms with E-state index in [4.69, 9.17) is 5.11 Å². The molecular weight excluding hydrogens is 271 g/mol. The summed E-state index contributed by atoms with van der Waals surface area (Å²) in [5.74, 6) is -1.41. The van der Waals surface area contributed by atoms with E-state index in [9.17, 15) is 18.0 Å². The van der Waals surface area contributed by atoms with Crippen LogP contribution >= 0.6 is 11.8 Å². The summed E-state index contributed by atoms with van der Waals surface area (Å²) < 4.78 is 35.5. The molecule has 2 N–H and O–H groups in total. The van der Waals surface area contributed by atoms with Crippen molar-refractivity contribution < 1.29 is 23.1 Å². The van der Waals surface area contributed by atoms with Crippen LogP contribution in [0, 0.1) is 6.92 Å². The zero-order chi connectivity index (χ0) is 13.8. The number of rotatable bonds is 5. The van der Waals surface area contributed by atoms with Crippen LogP contribution in [0.3, 0.4) is 0 Å². The van der Waals surface area contributed by atoms with Gasteiger partial charge in [0, 0.05) is 18.0 Å². The molecule has 18 heavy (non-hydrogen) atoms. The molecule has 0 atom stereocenters. The first-order chi connectivity index (χ1) is 8.28. The number of carbonyl (C=O) groups is 1. The Morgan fingerprint density at radius 3 is 2.72 bits per heavy atom. The zero-order valence-electron chi connectivity index (χ0n) is 9.28. The molecule has 0 radical (unpaired) electrons. The lowest BCUT2D eigenvalue weighted by atomic mass is 10.3. The minimum Gasteiger partial charge on any atom is -0.477 e. The number of nitrogens with one attached hydrogen (secondary N) is 1. The molecule has 0 aliphatic carbocycles. The minimum absolute atomic E-state index is 0.00725. The summed E-state index contributed by atoms with van der Waals surface area (Å²) in [5.41, 5.74) is -4.05. The molecule has 0 saturated carbocycles. The van der Waals surface area contributed by atoms with E-state index < -0.39 is 11.5 Å². The first kappa shape index (κ1) is 14.6. The van der Waals surface area contributed by atoms with Crippen LogP contribution in [-0.2, 0) is 0 Å². The number of nitrogens with zero attached hydrogens (tertiary/aromatic N) is 2. The Labute approximate surface area is 105 Å². The molecule has 100 valence electrons. The monoisotopic (exact) mass is 281 g/mol. The summed E-state index contributed by atoms with van der Waals surface area (Å²) in [4.78, 5) is 18.2. The molecule has 0 bridgehead atoms. The van der Waals surface area contributed by atoms with Crippen LogP contribution in [0.5, 0.6) is 0 Å². The van der Waals surface area contributed by atoms with E-state index >= 15 is 0 Å². The molecule has 0 unspecified atom stereocenters. The van der Waals surface area contributed by atoms with Gasteiger partial charge in [0.2, 0.25) is 5.95 Å². The fraction of sp³-hybridized carbons (Fsp3) is 0.444. The molecule has 0 spiro atoms. The standard InChI is InChI=1S/C9H10F3N3O2S/c1-5-4-6(7(16)17)15-8(14-5)13-2-3-18-9(10,11)12/h4H,2-3H2,1H3,(H,16,17)(H,13,14,15). The highest BCUT2D eigenvalue weighted by molar-refractivity contribution is 8.00. The minimum atomic E-state index is -4.28. The van der Waals surface area contributed by atoms with Crippen molar-refractivity contribution in [1.82, 2.24) is 9.97 Å². The van der Waals surface area contributed by atoms with Crippen molar-refractivity contribution >= 4 is 23.7 Å². The van der Waals surface area contributed by atoms with E-state index in [1.807, 2.05) is 0 Å². The fourth-order valence-electron chi connectivity index (χ4n) is 1.09. The maximum Gasteiger partial charge on any atom is 0.441 e. The Bertz CT molecular complexity index is 440. The van der Waals surface area contributed by atoms with Gasteiger partial charge in [0.05, 0.1) is 0 Å². The number of hydrogen-bond donors (Lipinski definition) is 2. The van der Waals surface area contributed by atoms with E-state index in [0.29, 0.717) is 5.69 Å². The smallest absolute Gasteiger partial charge is 0.441 e. The number of thioether (sulfide) groups is 1. The van der Waals surface area contributed by atoms with E-state index in [1.54, 1.807) is 6.92 Å². The van der Waals surface area contributed by atoms with Gasteiger partial charge in [-0.1, -0.05) is 0 Å². The molecule has 1 aromatic heterocycles. The summed E-state index contributed by atoms with van der Waals surface area (Å²) in [6.07, 6.45) is 0. The van der Waals surface area contributed by atoms with Gasteiger partial charge in [-0.25, -0.2) is 14.8 Å². The van der Waals surface area contributed by atoms with Gasteiger partial charge < -0.3 is 10.4 Å². The van der Waals surface area contributed by atoms with Gasteiger partial charge in [0.25, 0.3) is 0 Å². The number of aryl methyl sites for hydroxylation is 1. The van der Waals surface area contributed by atoms with Crippen LogP contribution in [-0.4, -0.2) is 38.8 Å². The third-order valence-corrected chi connectivity index (χ3v) is 2.46. The second-order valence-corrected chi connectivity index (χ2v) is 4.40. The summed E-state index contributed by atoms with van der Waals surface area (Å²) in [5, 5.41) is 11.3. The number of anilines is 1. The topological polar surface area (TPSA) is 75.1 Å². The third kappa shape index (κ3) is 5.21. The van der Waals surface area contributed by atoms with Crippen LogP contribution in [0.25, 0.3) is 0 Å². The first-order valence-electron chi connectivity index (χ1n) is 4.81. The van der Waals surface area contributed by atoms with Crippen LogP contribution in [0.15, 0.2) is 6.07 Å². The number of hydrogen-bond acceptors (Lipinski definition) is 5. The predicted octanol–water partition coefficient (Wildman–Crippen LogP) is 2.15. The quantitative estimate of drug-likeness (QED) is 0.805. The van der Waals surface area contributed by atoms with Crippen LogP contribution < -0.4 is 5.32 Å². The Kier molecular flexibility index (Phi) is 4.76. The fourth-order valence-corrected chi connectivity index (χ4v) is 1.52. The van der Waals surface area contributed by atoms with Gasteiger partial charge >= 0.3 is 11.5 Å². The van der Waals surface area contributed by atoms with Crippen molar-refractivity contribution in [2.75, 3.05) is 17.6 Å². The van der Waals surface area contributed by atoms with Crippen molar-refractivity contribution in [3.05, 3.63) is 17.5 Å². The lowest BCUT2D eigenvalue weighted by Gasteiger charge is -2.07. The summed E-state index contributed by atoms with van der Waals surface area (Å²) in [6, 6.07) is 1.28. The molecule has 0 saturated heterocycles. The van der Waals surface area contributed by atoms with Crippen LogP contribution in [0.4, 0.5) is 19.1 Å². The largest absolute Gasteiger partial charge is 0.477 e. The number of aromatic nitrogens is 2. The van der Waals surface area contributed by atoms with Crippen LogP contribution in [0.2, 0.25) is 0 Å². The lowest BCUT2D eigenvalue weighted by Crippen LogP contribution is -2.13. The van der Waals surface area contributed by atoms with E-state index in [0.717, 1.165) is 0 Å². The highest BCUT2D eigenvalue weighted by Crippen LogP contribution is 2.29. The average Bonchev–Trinajstić information content (AvgIpc) is 2.22. The normalized spacial score (nSPS) is 11.3. The molecular formula is C9H10F3N3O2S. The van der Waals surface area contributed by atoms with Gasteiger partial charge in [0.1, 0.15) is 0 Å². The highest BCUT2D eigenvalue weighted by Gasteiger charge is 2.27. The maximum atomic E-state index is 11.8. The molecule has 9 heteroatoms. The van der Waals surface area contributed by atoms with E-state index in [2.05, 4.69) is 15.3 Å². The van der Waals surface area contributed by atoms with Gasteiger partial charge in [-0.3, -0.25) is 0 Å². The van der Waals surface area contributed by atoms with Gasteiger partial charge in [-0.05, 0) is 24.8 Å². The SMILES string of the molecule is Cc1cc(C(=O)O)nc(NCCSC(F)(F)F)n1. The van der Waals surface area contributed by atoms with Crippen molar-refractivity contribution in [1.29, 1.82) is 0 Å². The summed E-state index contributed by atoms with van der Waals surface area (Å²) >= 11 is -0.167. The Hall–Kier alpha value is -1.51. The second-order valence-electron chi connectivity index (χ2n) is 3.24. The van der Waals surface area contributed by atoms with Crippen molar-refractivity contribution in [2.24, 2.45) is 0 Å². The van der Waals surface area contributed by atoms with Gasteiger partial charge in [0.15, 0.2) is 5.69 Å². The zero-order valence-corrected chi connectivity index (χ0v) is 10.1. The van der Waals surface area contributed by atoms with Crippen LogP contribution in [0.1, 0.15) is 16.2 Å². The molecule has 1 heterocycles. The molecule has 0 fully saturated rings. The lowest BCUT2D eigenvalue weighted by molar-refractivity contribution is -0.0327. The summed E-state index contributed by atoms with van der Waals surface area (Å²) in [6.45, 7) is 1.57. The van der Waals surface area contributed by atoms with Crippen molar-refractivity contribution in [3.8, 4) is 0 Å². The number of carboxylic acid groups (broad SMARTS) is 1. The molecule has 1 aromatic rings. The first-order valence-corrected chi connectivity index (χ1v) is 5.80. The van der Waals surface area contributed by atoms with Crippen molar-refractivity contribution in [2.45, 2.75) is 12.4 Å². The van der Waals surface area contributed by atoms with E-state index in [-0.39, 0.29) is 35.7 Å². The predicted molar refractivity (Wildman–Crippen MR) is 60.7 cm³/mol. The Balaban J connectivity index is 2.55. The number of halogens is 3. The molecule has 0 amide bonds. The molecule has 5 nitrogen and oxygen atoms in total. The van der Waals surface area contributed by atoms with E-state index in [1.165, 1.54) is 6.07 Å². The molecule has 0 aromatic carbocycles. The Morgan fingerprint density at radius 2 is 2.17 bits per heavy atom. The summed E-state index contributed by atoms with van der Waals surface area (Å²) in [7, 11) is 0. The number of aromatic carboxylic acids is 1. The number of alkyl halides is 3. The van der Waals surface area contributed by atoms with Gasteiger partial charge in [-0.15, -0.1) is 0 Å². The third-order valence-electron chi connectivity index (χ3n) is 1.72. The van der Waals surface area contributed by atoms with Gasteiger partial charge in [-0.2, -0.15) is 13.2 Å². The average molecular weight is 281 g/mol. The maximum absolute atomic E-state index is 11.8. The molecule has 1 rings (SSSR count). The second kappa shape index (κ2) is 5.89. The Morgan fingerprint density at radius 1 is 1.50 bits per heavy atom. The molecule has 0 aliphatic heterocycles.